The molecule has 0 fully saturated rings. The summed E-state index contributed by atoms with van der Waals surface area (Å²) in [7, 11) is 0. The zero-order chi connectivity index (χ0) is 18.9. The SMILES string of the molecule is CCc1cccc(NC(=O)COC(=O)[C@@H](C)Oc2ccc(C#N)cc2)c1. The van der Waals surface area contributed by atoms with Crippen molar-refractivity contribution in [2.45, 2.75) is 26.4 Å². The maximum atomic E-state index is 11.9. The molecule has 0 bridgehead atoms. The molecular weight excluding hydrogens is 332 g/mol. The Kier molecular flexibility index (Phi) is 6.75. The van der Waals surface area contributed by atoms with E-state index in [4.69, 9.17) is 14.7 Å². The number of carbonyl (C=O) groups excluding carboxylic acids is 2. The van der Waals surface area contributed by atoms with Crippen molar-refractivity contribution in [3.63, 3.8) is 0 Å². The Morgan fingerprint density at radius 1 is 1.19 bits per heavy atom. The van der Waals surface area contributed by atoms with Crippen LogP contribution in [0.5, 0.6) is 5.75 Å². The van der Waals surface area contributed by atoms with Crippen molar-refractivity contribution in [3.05, 3.63) is 59.7 Å². The van der Waals surface area contributed by atoms with Gasteiger partial charge in [0.25, 0.3) is 5.91 Å². The molecule has 1 atom stereocenters. The highest BCUT2D eigenvalue weighted by Gasteiger charge is 2.18. The number of rotatable bonds is 7. The van der Waals surface area contributed by atoms with E-state index in [9.17, 15) is 9.59 Å². The fraction of sp³-hybridized carbons (Fsp3) is 0.250. The number of hydrogen-bond acceptors (Lipinski definition) is 5. The summed E-state index contributed by atoms with van der Waals surface area (Å²) in [5.74, 6) is -0.627. The molecule has 2 aromatic carbocycles. The normalized spacial score (nSPS) is 11.1. The molecule has 0 heterocycles. The zero-order valence-corrected chi connectivity index (χ0v) is 14.7. The second-order valence-corrected chi connectivity index (χ2v) is 5.61. The molecule has 1 amide bonds. The van der Waals surface area contributed by atoms with Crippen molar-refractivity contribution in [3.8, 4) is 11.8 Å². The number of nitrogens with one attached hydrogen (secondary N) is 1. The van der Waals surface area contributed by atoms with Crippen molar-refractivity contribution in [1.82, 2.24) is 0 Å². The van der Waals surface area contributed by atoms with Gasteiger partial charge in [-0.15, -0.1) is 0 Å². The first-order valence-corrected chi connectivity index (χ1v) is 8.24. The van der Waals surface area contributed by atoms with Gasteiger partial charge in [-0.2, -0.15) is 5.26 Å². The lowest BCUT2D eigenvalue weighted by molar-refractivity contribution is -0.153. The molecule has 0 aliphatic rings. The number of carbonyl (C=O) groups is 2. The molecule has 0 saturated carbocycles. The Hall–Kier alpha value is -3.33. The number of anilines is 1. The molecule has 0 unspecified atom stereocenters. The van der Waals surface area contributed by atoms with Crippen LogP contribution in [0.25, 0.3) is 0 Å². The first kappa shape index (κ1) is 19.0. The number of amides is 1. The van der Waals surface area contributed by atoms with Crippen LogP contribution in [0.15, 0.2) is 48.5 Å². The Bertz CT molecular complexity index is 809. The van der Waals surface area contributed by atoms with Crippen LogP contribution in [-0.4, -0.2) is 24.6 Å². The number of esters is 1. The highest BCUT2D eigenvalue weighted by atomic mass is 16.6. The smallest absolute Gasteiger partial charge is 0.347 e. The number of hydrogen-bond donors (Lipinski definition) is 1. The van der Waals surface area contributed by atoms with E-state index in [0.29, 0.717) is 17.0 Å². The van der Waals surface area contributed by atoms with Crippen LogP contribution in [0.4, 0.5) is 5.69 Å². The lowest BCUT2D eigenvalue weighted by Gasteiger charge is -2.14. The molecule has 0 saturated heterocycles. The standard InChI is InChI=1S/C20H20N2O4/c1-3-15-5-4-6-17(11-15)22-19(23)13-25-20(24)14(2)26-18-9-7-16(12-21)8-10-18/h4-11,14H,3,13H2,1-2H3,(H,22,23)/t14-/m1/s1. The van der Waals surface area contributed by atoms with Crippen LogP contribution in [-0.2, 0) is 20.7 Å². The fourth-order valence-electron chi connectivity index (χ4n) is 2.18. The number of aryl methyl sites for hydroxylation is 1. The van der Waals surface area contributed by atoms with E-state index in [2.05, 4.69) is 5.32 Å². The van der Waals surface area contributed by atoms with Gasteiger partial charge in [-0.3, -0.25) is 4.79 Å². The van der Waals surface area contributed by atoms with E-state index < -0.39 is 24.6 Å². The van der Waals surface area contributed by atoms with Crippen LogP contribution < -0.4 is 10.1 Å². The number of benzene rings is 2. The molecule has 26 heavy (non-hydrogen) atoms. The van der Waals surface area contributed by atoms with E-state index >= 15 is 0 Å². The summed E-state index contributed by atoms with van der Waals surface area (Å²) in [5.41, 5.74) is 2.26. The zero-order valence-electron chi connectivity index (χ0n) is 14.7. The second kappa shape index (κ2) is 9.23. The van der Waals surface area contributed by atoms with Crippen LogP contribution in [0, 0.1) is 11.3 Å². The van der Waals surface area contributed by atoms with Crippen molar-refractivity contribution < 1.29 is 19.1 Å². The predicted octanol–water partition coefficient (Wildman–Crippen LogP) is 3.07. The van der Waals surface area contributed by atoms with Gasteiger partial charge in [-0.25, -0.2) is 4.79 Å². The Morgan fingerprint density at radius 2 is 1.92 bits per heavy atom. The van der Waals surface area contributed by atoms with Gasteiger partial charge in [0.2, 0.25) is 0 Å². The highest BCUT2D eigenvalue weighted by molar-refractivity contribution is 5.93. The van der Waals surface area contributed by atoms with Gasteiger partial charge in [0.15, 0.2) is 12.7 Å². The van der Waals surface area contributed by atoms with Crippen molar-refractivity contribution in [2.24, 2.45) is 0 Å². The average Bonchev–Trinajstić information content (AvgIpc) is 2.66. The molecule has 6 heteroatoms. The number of nitriles is 1. The van der Waals surface area contributed by atoms with Crippen molar-refractivity contribution >= 4 is 17.6 Å². The number of nitrogens with zero attached hydrogens (tertiary/aromatic N) is 1. The summed E-state index contributed by atoms with van der Waals surface area (Å²) in [6.45, 7) is 3.16. The Labute approximate surface area is 152 Å². The molecule has 1 N–H and O–H groups in total. The van der Waals surface area contributed by atoms with E-state index in [1.54, 1.807) is 30.3 Å². The van der Waals surface area contributed by atoms with E-state index in [0.717, 1.165) is 12.0 Å². The summed E-state index contributed by atoms with van der Waals surface area (Å²) in [6.07, 6.45) is -0.0118. The minimum Gasteiger partial charge on any atom is -0.479 e. The maximum Gasteiger partial charge on any atom is 0.347 e. The molecule has 6 nitrogen and oxygen atoms in total. The molecule has 0 aliphatic carbocycles. The van der Waals surface area contributed by atoms with Gasteiger partial charge < -0.3 is 14.8 Å². The molecule has 0 spiro atoms. The first-order chi connectivity index (χ1) is 12.5. The second-order valence-electron chi connectivity index (χ2n) is 5.61. The summed E-state index contributed by atoms with van der Waals surface area (Å²) in [6, 6.07) is 15.8. The van der Waals surface area contributed by atoms with Crippen molar-refractivity contribution in [2.75, 3.05) is 11.9 Å². The quantitative estimate of drug-likeness (QED) is 0.774. The van der Waals surface area contributed by atoms with Gasteiger partial charge in [-0.05, 0) is 55.3 Å². The third-order valence-corrected chi connectivity index (χ3v) is 3.59. The third kappa shape index (κ3) is 5.64. The van der Waals surface area contributed by atoms with E-state index in [1.165, 1.54) is 6.92 Å². The predicted molar refractivity (Wildman–Crippen MR) is 96.7 cm³/mol. The van der Waals surface area contributed by atoms with Gasteiger partial charge >= 0.3 is 5.97 Å². The topological polar surface area (TPSA) is 88.4 Å². The summed E-state index contributed by atoms with van der Waals surface area (Å²) in [5, 5.41) is 11.4. The van der Waals surface area contributed by atoms with Gasteiger partial charge in [-0.1, -0.05) is 19.1 Å². The molecule has 0 aromatic heterocycles. The highest BCUT2D eigenvalue weighted by Crippen LogP contribution is 2.14. The van der Waals surface area contributed by atoms with Crippen molar-refractivity contribution in [1.29, 1.82) is 5.26 Å². The van der Waals surface area contributed by atoms with Gasteiger partial charge in [0.05, 0.1) is 11.6 Å². The fourth-order valence-corrected chi connectivity index (χ4v) is 2.18. The number of ether oxygens (including phenoxy) is 2. The lowest BCUT2D eigenvalue weighted by atomic mass is 10.1. The monoisotopic (exact) mass is 352 g/mol. The van der Waals surface area contributed by atoms with Crippen LogP contribution in [0.2, 0.25) is 0 Å². The first-order valence-electron chi connectivity index (χ1n) is 8.24. The molecule has 0 aliphatic heterocycles. The summed E-state index contributed by atoms with van der Waals surface area (Å²) in [4.78, 5) is 23.9. The van der Waals surface area contributed by atoms with Crippen LogP contribution >= 0.6 is 0 Å². The van der Waals surface area contributed by atoms with Gasteiger partial charge in [0, 0.05) is 5.69 Å². The molecule has 2 aromatic rings. The largest absolute Gasteiger partial charge is 0.479 e. The lowest BCUT2D eigenvalue weighted by Crippen LogP contribution is -2.29. The van der Waals surface area contributed by atoms with Gasteiger partial charge in [0.1, 0.15) is 5.75 Å². The van der Waals surface area contributed by atoms with Crippen LogP contribution in [0.3, 0.4) is 0 Å². The maximum absolute atomic E-state index is 11.9. The summed E-state index contributed by atoms with van der Waals surface area (Å²) < 4.78 is 10.4. The van der Waals surface area contributed by atoms with E-state index in [1.807, 2.05) is 31.2 Å². The Morgan fingerprint density at radius 3 is 2.58 bits per heavy atom. The minimum atomic E-state index is -0.876. The molecule has 134 valence electrons. The molecular formula is C20H20N2O4. The third-order valence-electron chi connectivity index (χ3n) is 3.59. The van der Waals surface area contributed by atoms with Crippen LogP contribution in [0.1, 0.15) is 25.0 Å². The minimum absolute atomic E-state index is 0.393. The average molecular weight is 352 g/mol. The Balaban J connectivity index is 1.80. The van der Waals surface area contributed by atoms with E-state index in [-0.39, 0.29) is 0 Å². The molecule has 2 rings (SSSR count). The summed E-state index contributed by atoms with van der Waals surface area (Å²) >= 11 is 0. The molecule has 0 radical (unpaired) electrons.